The summed E-state index contributed by atoms with van der Waals surface area (Å²) in [6.45, 7) is 4.32. The molecule has 0 saturated carbocycles. The van der Waals surface area contributed by atoms with Gasteiger partial charge < -0.3 is 4.90 Å². The summed E-state index contributed by atoms with van der Waals surface area (Å²) in [4.78, 5) is 32.6. The van der Waals surface area contributed by atoms with Gasteiger partial charge >= 0.3 is 0 Å². The molecule has 0 radical (unpaired) electrons. The largest absolute Gasteiger partial charge is 0.341 e. The Morgan fingerprint density at radius 1 is 1.31 bits per heavy atom. The van der Waals surface area contributed by atoms with Crippen LogP contribution in [-0.2, 0) is 17.9 Å². The number of carbonyl (C=O) groups excluding carboxylic acids is 1. The molecule has 1 aromatic carbocycles. The number of halogens is 1. The van der Waals surface area contributed by atoms with Gasteiger partial charge in [-0.1, -0.05) is 18.2 Å². The monoisotopic (exact) mass is 373 g/mol. The highest BCUT2D eigenvalue weighted by Gasteiger charge is 2.15. The van der Waals surface area contributed by atoms with Gasteiger partial charge in [0.1, 0.15) is 10.6 Å². The second-order valence-electron chi connectivity index (χ2n) is 6.30. The third kappa shape index (κ3) is 3.53. The van der Waals surface area contributed by atoms with Crippen molar-refractivity contribution in [1.29, 1.82) is 0 Å². The Balaban J connectivity index is 1.70. The lowest BCUT2D eigenvalue weighted by atomic mass is 10.2. The molecule has 0 unspecified atom stereocenters. The molecule has 0 aliphatic carbocycles. The smallest absolute Gasteiger partial charge is 0.262 e. The van der Waals surface area contributed by atoms with E-state index in [1.807, 2.05) is 13.8 Å². The first kappa shape index (κ1) is 18.3. The first-order valence-electron chi connectivity index (χ1n) is 8.31. The van der Waals surface area contributed by atoms with Crippen LogP contribution in [0.25, 0.3) is 10.2 Å². The van der Waals surface area contributed by atoms with E-state index >= 15 is 0 Å². The number of thiophene rings is 1. The number of hydrogen-bond donors (Lipinski definition) is 0. The van der Waals surface area contributed by atoms with E-state index in [-0.39, 0.29) is 36.8 Å². The molecule has 0 fully saturated rings. The van der Waals surface area contributed by atoms with Crippen LogP contribution in [-0.4, -0.2) is 27.4 Å². The average Bonchev–Trinajstić information content (AvgIpc) is 2.91. The molecule has 0 atom stereocenters. The van der Waals surface area contributed by atoms with Crippen molar-refractivity contribution in [3.8, 4) is 0 Å². The first-order chi connectivity index (χ1) is 12.4. The highest BCUT2D eigenvalue weighted by Crippen LogP contribution is 2.25. The van der Waals surface area contributed by atoms with E-state index in [0.717, 1.165) is 15.3 Å². The lowest BCUT2D eigenvalue weighted by Gasteiger charge is -2.18. The molecule has 0 spiro atoms. The van der Waals surface area contributed by atoms with Crippen LogP contribution in [0.4, 0.5) is 4.39 Å². The summed E-state index contributed by atoms with van der Waals surface area (Å²) < 4.78 is 15.2. The maximum absolute atomic E-state index is 13.7. The summed E-state index contributed by atoms with van der Waals surface area (Å²) in [6, 6.07) is 6.38. The second kappa shape index (κ2) is 7.37. The zero-order valence-electron chi connectivity index (χ0n) is 15.0. The number of nitrogens with zero attached hydrogens (tertiary/aromatic N) is 3. The molecule has 2 heterocycles. The van der Waals surface area contributed by atoms with Gasteiger partial charge in [-0.3, -0.25) is 14.2 Å². The number of benzene rings is 1. The highest BCUT2D eigenvalue weighted by atomic mass is 32.1. The van der Waals surface area contributed by atoms with Gasteiger partial charge in [-0.15, -0.1) is 11.3 Å². The van der Waals surface area contributed by atoms with Crippen molar-refractivity contribution in [2.75, 3.05) is 7.05 Å². The minimum atomic E-state index is -0.332. The summed E-state index contributed by atoms with van der Waals surface area (Å²) in [5.74, 6) is -0.486. The number of fused-ring (bicyclic) bond motifs is 1. The summed E-state index contributed by atoms with van der Waals surface area (Å²) in [5, 5.41) is 0.627. The van der Waals surface area contributed by atoms with E-state index in [1.165, 1.54) is 33.2 Å². The number of rotatable bonds is 5. The molecule has 136 valence electrons. The number of hydrogen-bond acceptors (Lipinski definition) is 4. The summed E-state index contributed by atoms with van der Waals surface area (Å²) in [6.07, 6.45) is 1.64. The molecule has 0 aliphatic rings. The van der Waals surface area contributed by atoms with Crippen molar-refractivity contribution >= 4 is 27.5 Å². The Morgan fingerprint density at radius 2 is 2.04 bits per heavy atom. The van der Waals surface area contributed by atoms with E-state index in [4.69, 9.17) is 0 Å². The number of aromatic nitrogens is 2. The van der Waals surface area contributed by atoms with Gasteiger partial charge in [0.25, 0.3) is 5.56 Å². The third-order valence-corrected chi connectivity index (χ3v) is 5.63. The van der Waals surface area contributed by atoms with Gasteiger partial charge in [-0.2, -0.15) is 0 Å². The first-order valence-corrected chi connectivity index (χ1v) is 9.12. The van der Waals surface area contributed by atoms with Crippen LogP contribution in [0.5, 0.6) is 0 Å². The Hall–Kier alpha value is -2.54. The van der Waals surface area contributed by atoms with Crippen LogP contribution in [0.1, 0.15) is 22.4 Å². The van der Waals surface area contributed by atoms with Crippen molar-refractivity contribution in [3.63, 3.8) is 0 Å². The molecule has 0 bridgehead atoms. The van der Waals surface area contributed by atoms with Crippen LogP contribution in [0.15, 0.2) is 35.4 Å². The van der Waals surface area contributed by atoms with E-state index in [1.54, 1.807) is 25.2 Å². The van der Waals surface area contributed by atoms with Crippen LogP contribution < -0.4 is 5.56 Å². The Bertz CT molecular complexity index is 1030. The maximum atomic E-state index is 13.7. The van der Waals surface area contributed by atoms with E-state index in [9.17, 15) is 14.0 Å². The quantitative estimate of drug-likeness (QED) is 0.690. The van der Waals surface area contributed by atoms with Gasteiger partial charge in [0.15, 0.2) is 0 Å². The van der Waals surface area contributed by atoms with Crippen molar-refractivity contribution in [1.82, 2.24) is 14.5 Å². The lowest BCUT2D eigenvalue weighted by Crippen LogP contribution is -2.29. The molecule has 0 N–H and O–H groups in total. The summed E-state index contributed by atoms with van der Waals surface area (Å²) >= 11 is 1.50. The molecular weight excluding hydrogens is 353 g/mol. The third-order valence-electron chi connectivity index (χ3n) is 4.51. The second-order valence-corrected chi connectivity index (χ2v) is 7.50. The molecule has 3 rings (SSSR count). The molecular formula is C19H20FN3O2S. The highest BCUT2D eigenvalue weighted by molar-refractivity contribution is 7.18. The SMILES string of the molecule is Cc1sc2ncn(CCC(=O)N(C)Cc3ccccc3F)c(=O)c2c1C. The Labute approximate surface area is 154 Å². The van der Waals surface area contributed by atoms with Gasteiger partial charge in [0.05, 0.1) is 11.7 Å². The predicted molar refractivity (Wildman–Crippen MR) is 101 cm³/mol. The Morgan fingerprint density at radius 3 is 2.77 bits per heavy atom. The zero-order valence-corrected chi connectivity index (χ0v) is 15.8. The molecule has 0 saturated heterocycles. The van der Waals surface area contributed by atoms with Gasteiger partial charge in [0, 0.05) is 37.0 Å². The van der Waals surface area contributed by atoms with Gasteiger partial charge in [-0.25, -0.2) is 9.37 Å². The fourth-order valence-electron chi connectivity index (χ4n) is 2.81. The zero-order chi connectivity index (χ0) is 18.8. The number of amides is 1. The van der Waals surface area contributed by atoms with Crippen LogP contribution in [0.2, 0.25) is 0 Å². The number of aryl methyl sites for hydroxylation is 3. The van der Waals surface area contributed by atoms with Crippen molar-refractivity contribution < 1.29 is 9.18 Å². The molecule has 5 nitrogen and oxygen atoms in total. The molecule has 3 aromatic rings. The summed E-state index contributed by atoms with van der Waals surface area (Å²) in [7, 11) is 1.63. The minimum absolute atomic E-state index is 0.124. The van der Waals surface area contributed by atoms with Gasteiger partial charge in [0.2, 0.25) is 5.91 Å². The van der Waals surface area contributed by atoms with Crippen molar-refractivity contribution in [2.45, 2.75) is 33.4 Å². The predicted octanol–water partition coefficient (Wildman–Crippen LogP) is 3.26. The summed E-state index contributed by atoms with van der Waals surface area (Å²) in [5.41, 5.74) is 1.29. The maximum Gasteiger partial charge on any atom is 0.262 e. The average molecular weight is 373 g/mol. The standard InChI is InChI=1S/C19H20FN3O2S/c1-12-13(2)26-18-17(12)19(25)23(11-21-18)9-8-16(24)22(3)10-14-6-4-5-7-15(14)20/h4-7,11H,8-10H2,1-3H3. The molecule has 0 aliphatic heterocycles. The van der Waals surface area contributed by atoms with E-state index < -0.39 is 0 Å². The van der Waals surface area contributed by atoms with Crippen molar-refractivity contribution in [3.05, 3.63) is 62.8 Å². The van der Waals surface area contributed by atoms with Crippen LogP contribution in [0.3, 0.4) is 0 Å². The normalized spacial score (nSPS) is 11.1. The van der Waals surface area contributed by atoms with E-state index in [2.05, 4.69) is 4.98 Å². The molecule has 7 heteroatoms. The molecule has 26 heavy (non-hydrogen) atoms. The fourth-order valence-corrected chi connectivity index (χ4v) is 3.79. The van der Waals surface area contributed by atoms with Crippen LogP contribution >= 0.6 is 11.3 Å². The lowest BCUT2D eigenvalue weighted by molar-refractivity contribution is -0.130. The molecule has 1 amide bonds. The molecule has 2 aromatic heterocycles. The fraction of sp³-hybridized carbons (Fsp3) is 0.316. The van der Waals surface area contributed by atoms with Crippen molar-refractivity contribution in [2.24, 2.45) is 0 Å². The minimum Gasteiger partial charge on any atom is -0.341 e. The van der Waals surface area contributed by atoms with E-state index in [0.29, 0.717) is 10.9 Å². The Kier molecular flexibility index (Phi) is 5.18. The van der Waals surface area contributed by atoms with Gasteiger partial charge in [-0.05, 0) is 25.5 Å². The number of carbonyl (C=O) groups is 1. The topological polar surface area (TPSA) is 55.2 Å². The van der Waals surface area contributed by atoms with Crippen LogP contribution in [0, 0.1) is 19.7 Å².